The average molecular weight is 329 g/mol. The summed E-state index contributed by atoms with van der Waals surface area (Å²) in [7, 11) is 2.04. The topological polar surface area (TPSA) is 33.6 Å². The maximum atomic E-state index is 4.59. The van der Waals surface area contributed by atoms with Crippen molar-refractivity contribution in [1.29, 1.82) is 0 Å². The van der Waals surface area contributed by atoms with Gasteiger partial charge < -0.3 is 9.55 Å². The van der Waals surface area contributed by atoms with Crippen LogP contribution in [0.4, 0.5) is 0 Å². The van der Waals surface area contributed by atoms with Gasteiger partial charge in [0.25, 0.3) is 0 Å². The molecule has 2 aromatic heterocycles. The van der Waals surface area contributed by atoms with E-state index in [1.807, 2.05) is 19.4 Å². The Morgan fingerprint density at radius 1 is 0.960 bits per heavy atom. The minimum Gasteiger partial charge on any atom is -0.354 e. The summed E-state index contributed by atoms with van der Waals surface area (Å²) in [5, 5.41) is 1.20. The number of aryl methyl sites for hydroxylation is 1. The lowest BCUT2D eigenvalue weighted by molar-refractivity contribution is 0.590. The Balaban J connectivity index is 1.95. The summed E-state index contributed by atoms with van der Waals surface area (Å²) < 4.78 is 2.07. The molecule has 0 amide bonds. The first-order valence-electron chi connectivity index (χ1n) is 8.64. The van der Waals surface area contributed by atoms with Crippen LogP contribution in [0.2, 0.25) is 0 Å². The van der Waals surface area contributed by atoms with E-state index >= 15 is 0 Å². The van der Waals surface area contributed by atoms with Gasteiger partial charge in [0.05, 0.1) is 11.3 Å². The summed E-state index contributed by atoms with van der Waals surface area (Å²) in [5.74, 6) is 0.979. The summed E-state index contributed by atoms with van der Waals surface area (Å²) in [4.78, 5) is 8.20. The van der Waals surface area contributed by atoms with E-state index in [0.29, 0.717) is 0 Å². The number of nitrogens with one attached hydrogen (secondary N) is 1. The number of aromatic nitrogens is 3. The van der Waals surface area contributed by atoms with Crippen molar-refractivity contribution in [2.24, 2.45) is 7.05 Å². The van der Waals surface area contributed by atoms with E-state index in [0.717, 1.165) is 22.6 Å². The van der Waals surface area contributed by atoms with E-state index in [4.69, 9.17) is 0 Å². The number of rotatable bonds is 2. The van der Waals surface area contributed by atoms with Crippen molar-refractivity contribution >= 4 is 10.9 Å². The predicted octanol–water partition coefficient (Wildman–Crippen LogP) is 5.53. The van der Waals surface area contributed by atoms with Gasteiger partial charge in [-0.25, -0.2) is 4.98 Å². The number of fused-ring (bicyclic) bond motifs is 1. The van der Waals surface area contributed by atoms with Gasteiger partial charge in [-0.3, -0.25) is 0 Å². The van der Waals surface area contributed by atoms with Crippen molar-refractivity contribution in [1.82, 2.24) is 14.5 Å². The van der Waals surface area contributed by atoms with Crippen molar-refractivity contribution in [2.75, 3.05) is 0 Å². The average Bonchev–Trinajstić information content (AvgIpc) is 3.17. The molecule has 0 saturated carbocycles. The zero-order valence-electron chi connectivity index (χ0n) is 15.2. The Morgan fingerprint density at radius 2 is 1.68 bits per heavy atom. The third-order valence-electron chi connectivity index (χ3n) is 4.79. The van der Waals surface area contributed by atoms with E-state index in [9.17, 15) is 0 Å². The van der Waals surface area contributed by atoms with Gasteiger partial charge in [-0.2, -0.15) is 0 Å². The van der Waals surface area contributed by atoms with E-state index in [2.05, 4.69) is 83.8 Å². The lowest BCUT2D eigenvalue weighted by Crippen LogP contribution is -2.10. The summed E-state index contributed by atoms with van der Waals surface area (Å²) in [5.41, 5.74) is 6.09. The smallest absolute Gasteiger partial charge is 0.142 e. The van der Waals surface area contributed by atoms with Crippen LogP contribution in [0.5, 0.6) is 0 Å². The van der Waals surface area contributed by atoms with Crippen molar-refractivity contribution in [2.45, 2.75) is 26.2 Å². The second kappa shape index (κ2) is 5.62. The van der Waals surface area contributed by atoms with E-state index in [-0.39, 0.29) is 5.41 Å². The molecule has 0 fully saturated rings. The first-order chi connectivity index (χ1) is 11.9. The number of nitrogens with zero attached hydrogens (tertiary/aromatic N) is 2. The number of imidazole rings is 1. The number of benzene rings is 2. The predicted molar refractivity (Wildman–Crippen MR) is 105 cm³/mol. The minimum atomic E-state index is 0.154. The Kier molecular flexibility index (Phi) is 3.53. The molecule has 1 N–H and O–H groups in total. The zero-order valence-corrected chi connectivity index (χ0v) is 15.2. The molecule has 0 bridgehead atoms. The molecule has 0 unspecified atom stereocenters. The maximum absolute atomic E-state index is 4.59. The monoisotopic (exact) mass is 329 g/mol. The second-order valence-corrected chi connectivity index (χ2v) is 7.61. The molecule has 0 radical (unpaired) electrons. The first-order valence-corrected chi connectivity index (χ1v) is 8.64. The highest BCUT2D eigenvalue weighted by molar-refractivity contribution is 6.02. The first kappa shape index (κ1) is 15.7. The summed E-state index contributed by atoms with van der Waals surface area (Å²) in [6.45, 7) is 6.72. The van der Waals surface area contributed by atoms with Gasteiger partial charge in [0.2, 0.25) is 0 Å². The molecule has 0 aliphatic rings. The lowest BCUT2D eigenvalue weighted by atomic mass is 9.86. The normalized spacial score (nSPS) is 12.0. The number of para-hydroxylation sites is 1. The minimum absolute atomic E-state index is 0.154. The zero-order chi connectivity index (χ0) is 17.6. The highest BCUT2D eigenvalue weighted by Crippen LogP contribution is 2.37. The van der Waals surface area contributed by atoms with Crippen LogP contribution in [0.3, 0.4) is 0 Å². The molecule has 4 aromatic rings. The van der Waals surface area contributed by atoms with Gasteiger partial charge in [0.1, 0.15) is 5.82 Å². The molecule has 0 aliphatic carbocycles. The van der Waals surface area contributed by atoms with Gasteiger partial charge in [-0.1, -0.05) is 63.2 Å². The van der Waals surface area contributed by atoms with Crippen molar-refractivity contribution in [3.8, 4) is 22.6 Å². The molecule has 25 heavy (non-hydrogen) atoms. The summed E-state index contributed by atoms with van der Waals surface area (Å²) in [6.07, 6.45) is 3.84. The molecule has 0 saturated heterocycles. The van der Waals surface area contributed by atoms with Crippen molar-refractivity contribution in [3.05, 3.63) is 66.5 Å². The second-order valence-electron chi connectivity index (χ2n) is 7.61. The molecular weight excluding hydrogens is 306 g/mol. The van der Waals surface area contributed by atoms with Crippen molar-refractivity contribution < 1.29 is 0 Å². The molecule has 2 aromatic carbocycles. The molecule has 3 heteroatoms. The highest BCUT2D eigenvalue weighted by atomic mass is 15.0. The Bertz CT molecular complexity index is 1030. The van der Waals surface area contributed by atoms with Crippen LogP contribution in [-0.2, 0) is 12.5 Å². The third kappa shape index (κ3) is 2.66. The van der Waals surface area contributed by atoms with Gasteiger partial charge >= 0.3 is 0 Å². The standard InChI is InChI=1S/C22H23N3/c1-22(2,3)16-11-9-15(10-12-16)20-19(21-23-13-14-25(21)4)17-7-5-6-8-18(17)24-20/h5-14,24H,1-4H3. The lowest BCUT2D eigenvalue weighted by Gasteiger charge is -2.19. The van der Waals surface area contributed by atoms with E-state index in [1.165, 1.54) is 16.5 Å². The van der Waals surface area contributed by atoms with Crippen LogP contribution in [0.15, 0.2) is 60.9 Å². The van der Waals surface area contributed by atoms with Crippen LogP contribution in [0, 0.1) is 0 Å². The molecule has 0 atom stereocenters. The van der Waals surface area contributed by atoms with Crippen LogP contribution in [-0.4, -0.2) is 14.5 Å². The van der Waals surface area contributed by atoms with Gasteiger partial charge in [-0.05, 0) is 22.6 Å². The van der Waals surface area contributed by atoms with Gasteiger partial charge in [0, 0.05) is 30.3 Å². The molecule has 0 spiro atoms. The van der Waals surface area contributed by atoms with E-state index < -0.39 is 0 Å². The largest absolute Gasteiger partial charge is 0.354 e. The fourth-order valence-corrected chi connectivity index (χ4v) is 3.33. The fraction of sp³-hybridized carbons (Fsp3) is 0.227. The number of hydrogen-bond donors (Lipinski definition) is 1. The summed E-state index contributed by atoms with van der Waals surface area (Å²) in [6, 6.07) is 17.3. The molecule has 126 valence electrons. The molecule has 2 heterocycles. The van der Waals surface area contributed by atoms with Crippen LogP contribution >= 0.6 is 0 Å². The molecule has 3 nitrogen and oxygen atoms in total. The van der Waals surface area contributed by atoms with Crippen LogP contribution < -0.4 is 0 Å². The van der Waals surface area contributed by atoms with E-state index in [1.54, 1.807) is 0 Å². The maximum Gasteiger partial charge on any atom is 0.142 e. The molecule has 0 aliphatic heterocycles. The van der Waals surface area contributed by atoms with Gasteiger partial charge in [0.15, 0.2) is 0 Å². The Labute approximate surface area is 148 Å². The van der Waals surface area contributed by atoms with Gasteiger partial charge in [-0.15, -0.1) is 0 Å². The Hall–Kier alpha value is -2.81. The number of H-pyrrole nitrogens is 1. The summed E-state index contributed by atoms with van der Waals surface area (Å²) >= 11 is 0. The van der Waals surface area contributed by atoms with Crippen LogP contribution in [0.1, 0.15) is 26.3 Å². The molecule has 4 rings (SSSR count). The third-order valence-corrected chi connectivity index (χ3v) is 4.79. The fourth-order valence-electron chi connectivity index (χ4n) is 3.33. The number of hydrogen-bond acceptors (Lipinski definition) is 1. The van der Waals surface area contributed by atoms with Crippen molar-refractivity contribution in [3.63, 3.8) is 0 Å². The SMILES string of the molecule is Cn1ccnc1-c1c(-c2ccc(C(C)(C)C)cc2)[nH]c2ccccc12. The highest BCUT2D eigenvalue weighted by Gasteiger charge is 2.19. The quantitative estimate of drug-likeness (QED) is 0.515. The Morgan fingerprint density at radius 3 is 2.32 bits per heavy atom. The number of aromatic amines is 1. The molecular formula is C22H23N3. The van der Waals surface area contributed by atoms with Crippen LogP contribution in [0.25, 0.3) is 33.5 Å².